The van der Waals surface area contributed by atoms with Gasteiger partial charge in [0, 0.05) is 25.2 Å². The summed E-state index contributed by atoms with van der Waals surface area (Å²) in [5.41, 5.74) is 0.625. The van der Waals surface area contributed by atoms with E-state index in [1.807, 2.05) is 0 Å². The summed E-state index contributed by atoms with van der Waals surface area (Å²) in [4.78, 5) is 0.249. The Kier molecular flexibility index (Phi) is 4.47. The Bertz CT molecular complexity index is 562. The van der Waals surface area contributed by atoms with Gasteiger partial charge in [0.2, 0.25) is 10.0 Å². The second-order valence-electron chi connectivity index (χ2n) is 4.57. The number of nitrogens with one attached hydrogen (secondary N) is 2. The third-order valence-corrected chi connectivity index (χ3v) is 5.08. The molecule has 1 aliphatic rings. The van der Waals surface area contributed by atoms with Crippen molar-refractivity contribution in [1.82, 2.24) is 10.0 Å². The fourth-order valence-corrected chi connectivity index (χ4v) is 3.91. The van der Waals surface area contributed by atoms with E-state index in [4.69, 9.17) is 16.3 Å². The van der Waals surface area contributed by atoms with E-state index in [2.05, 4.69) is 10.0 Å². The minimum Gasteiger partial charge on any atom is -0.378 e. The fourth-order valence-electron chi connectivity index (χ4n) is 2.20. The Morgan fingerprint density at radius 1 is 1.42 bits per heavy atom. The van der Waals surface area contributed by atoms with Crippen LogP contribution >= 0.6 is 11.6 Å². The van der Waals surface area contributed by atoms with E-state index < -0.39 is 10.0 Å². The zero-order valence-corrected chi connectivity index (χ0v) is 12.4. The summed E-state index contributed by atoms with van der Waals surface area (Å²) >= 11 is 5.84. The SMILES string of the molecule is CO[C@H]1CNCC1NS(=O)(=O)c1ccc(Cl)cc1C. The lowest BCUT2D eigenvalue weighted by molar-refractivity contribution is 0.103. The number of aryl methyl sites for hydroxylation is 1. The maximum Gasteiger partial charge on any atom is 0.241 e. The number of benzene rings is 1. The molecule has 0 aliphatic carbocycles. The first-order valence-electron chi connectivity index (χ1n) is 5.96. The molecule has 1 aromatic carbocycles. The van der Waals surface area contributed by atoms with Crippen LogP contribution < -0.4 is 10.0 Å². The molecule has 0 saturated carbocycles. The summed E-state index contributed by atoms with van der Waals surface area (Å²) in [6, 6.07) is 4.47. The number of methoxy groups -OCH3 is 1. The van der Waals surface area contributed by atoms with Crippen LogP contribution in [0.5, 0.6) is 0 Å². The highest BCUT2D eigenvalue weighted by Crippen LogP contribution is 2.20. The van der Waals surface area contributed by atoms with Crippen LogP contribution in [-0.2, 0) is 14.8 Å². The highest BCUT2D eigenvalue weighted by Gasteiger charge is 2.31. The number of halogens is 1. The Morgan fingerprint density at radius 2 is 2.16 bits per heavy atom. The molecule has 1 heterocycles. The standard InChI is InChI=1S/C12H17ClN2O3S/c1-8-5-9(13)3-4-12(8)19(16,17)15-10-6-14-7-11(10)18-2/h3-5,10-11,14-15H,6-7H2,1-2H3/t10?,11-/m0/s1. The summed E-state index contributed by atoms with van der Waals surface area (Å²) in [5, 5.41) is 3.62. The van der Waals surface area contributed by atoms with Crippen LogP contribution in [0.1, 0.15) is 5.56 Å². The summed E-state index contributed by atoms with van der Waals surface area (Å²) in [7, 11) is -1.99. The van der Waals surface area contributed by atoms with Gasteiger partial charge in [0.25, 0.3) is 0 Å². The maximum atomic E-state index is 12.3. The molecule has 1 aromatic rings. The predicted octanol–water partition coefficient (Wildman–Crippen LogP) is 0.914. The van der Waals surface area contributed by atoms with Crippen LogP contribution in [0.2, 0.25) is 5.02 Å². The van der Waals surface area contributed by atoms with Crippen molar-refractivity contribution in [3.05, 3.63) is 28.8 Å². The van der Waals surface area contributed by atoms with Crippen molar-refractivity contribution in [2.45, 2.75) is 24.0 Å². The van der Waals surface area contributed by atoms with E-state index in [1.165, 1.54) is 6.07 Å². The molecule has 2 N–H and O–H groups in total. The normalized spacial score (nSPS) is 23.7. The molecule has 2 rings (SSSR count). The number of hydrogen-bond donors (Lipinski definition) is 2. The Labute approximate surface area is 118 Å². The van der Waals surface area contributed by atoms with Crippen LogP contribution in [0.15, 0.2) is 23.1 Å². The lowest BCUT2D eigenvalue weighted by Gasteiger charge is -2.19. The number of sulfonamides is 1. The van der Waals surface area contributed by atoms with Gasteiger partial charge >= 0.3 is 0 Å². The molecule has 1 saturated heterocycles. The van der Waals surface area contributed by atoms with Gasteiger partial charge in [-0.2, -0.15) is 0 Å². The first kappa shape index (κ1) is 14.7. The lowest BCUT2D eigenvalue weighted by Crippen LogP contribution is -2.43. The minimum atomic E-state index is -3.56. The summed E-state index contributed by atoms with van der Waals surface area (Å²) < 4.78 is 32.6. The predicted molar refractivity (Wildman–Crippen MR) is 74.0 cm³/mol. The van der Waals surface area contributed by atoms with E-state index in [0.29, 0.717) is 23.7 Å². The first-order valence-corrected chi connectivity index (χ1v) is 7.82. The lowest BCUT2D eigenvalue weighted by atomic mass is 10.2. The smallest absolute Gasteiger partial charge is 0.241 e. The average Bonchev–Trinajstić information content (AvgIpc) is 2.74. The van der Waals surface area contributed by atoms with Crippen molar-refractivity contribution in [2.24, 2.45) is 0 Å². The second-order valence-corrected chi connectivity index (χ2v) is 6.69. The molecule has 0 amide bonds. The quantitative estimate of drug-likeness (QED) is 0.868. The van der Waals surface area contributed by atoms with Gasteiger partial charge in [-0.1, -0.05) is 11.6 Å². The Balaban J connectivity index is 2.23. The molecular weight excluding hydrogens is 288 g/mol. The van der Waals surface area contributed by atoms with Gasteiger partial charge in [0.05, 0.1) is 17.0 Å². The average molecular weight is 305 g/mol. The Morgan fingerprint density at radius 3 is 2.79 bits per heavy atom. The monoisotopic (exact) mass is 304 g/mol. The van der Waals surface area contributed by atoms with E-state index in [1.54, 1.807) is 26.2 Å². The van der Waals surface area contributed by atoms with Crippen LogP contribution in [-0.4, -0.2) is 40.8 Å². The zero-order chi connectivity index (χ0) is 14.0. The van der Waals surface area contributed by atoms with Crippen LogP contribution in [0, 0.1) is 6.92 Å². The largest absolute Gasteiger partial charge is 0.378 e. The van der Waals surface area contributed by atoms with Crippen LogP contribution in [0.4, 0.5) is 0 Å². The minimum absolute atomic E-state index is 0.151. The van der Waals surface area contributed by atoms with Gasteiger partial charge < -0.3 is 10.1 Å². The topological polar surface area (TPSA) is 67.4 Å². The van der Waals surface area contributed by atoms with Gasteiger partial charge in [-0.25, -0.2) is 13.1 Å². The van der Waals surface area contributed by atoms with E-state index >= 15 is 0 Å². The van der Waals surface area contributed by atoms with Gasteiger partial charge in [-0.05, 0) is 30.7 Å². The molecular formula is C12H17ClN2O3S. The maximum absolute atomic E-state index is 12.3. The molecule has 0 aromatic heterocycles. The van der Waals surface area contributed by atoms with Crippen molar-refractivity contribution in [3.63, 3.8) is 0 Å². The molecule has 0 bridgehead atoms. The molecule has 0 spiro atoms. The molecule has 2 atom stereocenters. The zero-order valence-electron chi connectivity index (χ0n) is 10.8. The second kappa shape index (κ2) is 5.76. The molecule has 0 radical (unpaired) electrons. The Hall–Kier alpha value is -0.660. The molecule has 1 fully saturated rings. The van der Waals surface area contributed by atoms with E-state index in [-0.39, 0.29) is 17.0 Å². The molecule has 1 unspecified atom stereocenters. The summed E-state index contributed by atoms with van der Waals surface area (Å²) in [6.07, 6.45) is -0.151. The number of hydrogen-bond acceptors (Lipinski definition) is 4. The first-order chi connectivity index (χ1) is 8.94. The highest BCUT2D eigenvalue weighted by molar-refractivity contribution is 7.89. The van der Waals surface area contributed by atoms with Gasteiger partial charge in [0.15, 0.2) is 0 Å². The van der Waals surface area contributed by atoms with Crippen molar-refractivity contribution in [3.8, 4) is 0 Å². The molecule has 1 aliphatic heterocycles. The number of rotatable bonds is 4. The van der Waals surface area contributed by atoms with Crippen molar-refractivity contribution in [1.29, 1.82) is 0 Å². The van der Waals surface area contributed by atoms with Gasteiger partial charge in [-0.15, -0.1) is 0 Å². The summed E-state index contributed by atoms with van der Waals surface area (Å²) in [5.74, 6) is 0. The third kappa shape index (κ3) is 3.27. The van der Waals surface area contributed by atoms with Crippen LogP contribution in [0.3, 0.4) is 0 Å². The van der Waals surface area contributed by atoms with Gasteiger partial charge in [-0.3, -0.25) is 0 Å². The summed E-state index contributed by atoms with van der Waals surface area (Å²) in [6.45, 7) is 2.93. The van der Waals surface area contributed by atoms with E-state index in [9.17, 15) is 8.42 Å². The van der Waals surface area contributed by atoms with Crippen molar-refractivity contribution >= 4 is 21.6 Å². The molecule has 106 valence electrons. The molecule has 7 heteroatoms. The van der Waals surface area contributed by atoms with Gasteiger partial charge in [0.1, 0.15) is 0 Å². The van der Waals surface area contributed by atoms with Crippen LogP contribution in [0.25, 0.3) is 0 Å². The highest BCUT2D eigenvalue weighted by atomic mass is 35.5. The third-order valence-electron chi connectivity index (χ3n) is 3.19. The number of ether oxygens (including phenoxy) is 1. The molecule has 5 nitrogen and oxygen atoms in total. The van der Waals surface area contributed by atoms with E-state index in [0.717, 1.165) is 0 Å². The fraction of sp³-hybridized carbons (Fsp3) is 0.500. The van der Waals surface area contributed by atoms with Crippen molar-refractivity contribution in [2.75, 3.05) is 20.2 Å². The molecule has 19 heavy (non-hydrogen) atoms. The van der Waals surface area contributed by atoms with Crippen molar-refractivity contribution < 1.29 is 13.2 Å².